The first-order chi connectivity index (χ1) is 14.6. The zero-order valence-corrected chi connectivity index (χ0v) is 18.1. The SMILES string of the molecule is COc1cccc(-c2c(Br)c3nc(OC)nc(OC)c3c(=O)n2-c2ccccc2)c1. The molecule has 4 rings (SSSR count). The topological polar surface area (TPSA) is 75.5 Å². The van der Waals surface area contributed by atoms with E-state index in [1.54, 1.807) is 11.7 Å². The number of hydrogen-bond acceptors (Lipinski definition) is 6. The van der Waals surface area contributed by atoms with Crippen molar-refractivity contribution >= 4 is 26.8 Å². The highest BCUT2D eigenvalue weighted by molar-refractivity contribution is 9.10. The van der Waals surface area contributed by atoms with Gasteiger partial charge in [-0.15, -0.1) is 0 Å². The molecule has 7 nitrogen and oxygen atoms in total. The van der Waals surface area contributed by atoms with Crippen LogP contribution in [-0.2, 0) is 0 Å². The Bertz CT molecular complexity index is 1290. The molecule has 0 unspecified atom stereocenters. The van der Waals surface area contributed by atoms with Crippen LogP contribution in [0.1, 0.15) is 0 Å². The highest BCUT2D eigenvalue weighted by atomic mass is 79.9. The number of benzene rings is 2. The number of nitrogens with zero attached hydrogens (tertiary/aromatic N) is 3. The molecule has 0 aliphatic heterocycles. The first kappa shape index (κ1) is 19.9. The van der Waals surface area contributed by atoms with Gasteiger partial charge in [0.1, 0.15) is 16.7 Å². The molecule has 0 spiro atoms. The molecule has 0 aliphatic rings. The number of fused-ring (bicyclic) bond motifs is 1. The molecule has 0 saturated heterocycles. The fraction of sp³-hybridized carbons (Fsp3) is 0.136. The van der Waals surface area contributed by atoms with Gasteiger partial charge in [0.25, 0.3) is 5.56 Å². The van der Waals surface area contributed by atoms with Gasteiger partial charge in [-0.1, -0.05) is 30.3 Å². The zero-order valence-electron chi connectivity index (χ0n) is 16.5. The molecular weight excluding hydrogens is 450 g/mol. The molecule has 0 saturated carbocycles. The minimum absolute atomic E-state index is 0.105. The van der Waals surface area contributed by atoms with Gasteiger partial charge in [-0.3, -0.25) is 9.36 Å². The number of para-hydroxylation sites is 1. The Morgan fingerprint density at radius 1 is 0.900 bits per heavy atom. The molecule has 0 aliphatic carbocycles. The number of aromatic nitrogens is 3. The van der Waals surface area contributed by atoms with Crippen molar-refractivity contribution in [3.63, 3.8) is 0 Å². The van der Waals surface area contributed by atoms with E-state index < -0.39 is 0 Å². The minimum Gasteiger partial charge on any atom is -0.497 e. The smallest absolute Gasteiger partial charge is 0.320 e. The van der Waals surface area contributed by atoms with Crippen molar-refractivity contribution in [2.75, 3.05) is 21.3 Å². The lowest BCUT2D eigenvalue weighted by Crippen LogP contribution is -2.22. The maximum Gasteiger partial charge on any atom is 0.320 e. The summed E-state index contributed by atoms with van der Waals surface area (Å²) in [6, 6.07) is 16.9. The molecule has 2 aromatic heterocycles. The number of ether oxygens (including phenoxy) is 3. The number of halogens is 1. The monoisotopic (exact) mass is 467 g/mol. The van der Waals surface area contributed by atoms with Gasteiger partial charge in [0.05, 0.1) is 31.5 Å². The van der Waals surface area contributed by atoms with Crippen LogP contribution in [0.2, 0.25) is 0 Å². The van der Waals surface area contributed by atoms with E-state index in [2.05, 4.69) is 25.9 Å². The van der Waals surface area contributed by atoms with Crippen LogP contribution < -0.4 is 19.8 Å². The Morgan fingerprint density at radius 2 is 1.67 bits per heavy atom. The minimum atomic E-state index is -0.309. The lowest BCUT2D eigenvalue weighted by molar-refractivity contribution is 0.356. The van der Waals surface area contributed by atoms with Crippen molar-refractivity contribution in [2.24, 2.45) is 0 Å². The zero-order chi connectivity index (χ0) is 21.3. The molecule has 0 fully saturated rings. The lowest BCUT2D eigenvalue weighted by Gasteiger charge is -2.18. The van der Waals surface area contributed by atoms with Gasteiger partial charge in [-0.25, -0.2) is 0 Å². The van der Waals surface area contributed by atoms with Gasteiger partial charge in [0.15, 0.2) is 0 Å². The molecule has 8 heteroatoms. The summed E-state index contributed by atoms with van der Waals surface area (Å²) in [5, 5.41) is 0.251. The van der Waals surface area contributed by atoms with Crippen molar-refractivity contribution in [3.05, 3.63) is 69.4 Å². The largest absolute Gasteiger partial charge is 0.497 e. The first-order valence-electron chi connectivity index (χ1n) is 9.03. The Hall–Kier alpha value is -3.39. The molecule has 0 amide bonds. The first-order valence-corrected chi connectivity index (χ1v) is 9.82. The molecule has 152 valence electrons. The Kier molecular flexibility index (Phi) is 5.41. The van der Waals surface area contributed by atoms with Crippen molar-refractivity contribution in [3.8, 4) is 34.6 Å². The maximum atomic E-state index is 13.7. The average Bonchev–Trinajstić information content (AvgIpc) is 2.80. The fourth-order valence-corrected chi connectivity index (χ4v) is 3.98. The van der Waals surface area contributed by atoms with Crippen LogP contribution >= 0.6 is 15.9 Å². The van der Waals surface area contributed by atoms with Gasteiger partial charge in [-0.05, 0) is 40.2 Å². The number of hydrogen-bond donors (Lipinski definition) is 0. The average molecular weight is 468 g/mol. The summed E-state index contributed by atoms with van der Waals surface area (Å²) in [5.74, 6) is 0.814. The van der Waals surface area contributed by atoms with Gasteiger partial charge < -0.3 is 14.2 Å². The van der Waals surface area contributed by atoms with E-state index in [-0.39, 0.29) is 22.8 Å². The Morgan fingerprint density at radius 3 is 2.33 bits per heavy atom. The van der Waals surface area contributed by atoms with Crippen LogP contribution in [0.25, 0.3) is 27.8 Å². The van der Waals surface area contributed by atoms with E-state index in [0.717, 1.165) is 5.56 Å². The van der Waals surface area contributed by atoms with Crippen molar-refractivity contribution in [1.29, 1.82) is 0 Å². The molecule has 2 aromatic carbocycles. The molecule has 30 heavy (non-hydrogen) atoms. The summed E-state index contributed by atoms with van der Waals surface area (Å²) in [6.07, 6.45) is 0. The lowest BCUT2D eigenvalue weighted by atomic mass is 10.1. The van der Waals surface area contributed by atoms with E-state index in [4.69, 9.17) is 14.2 Å². The summed E-state index contributed by atoms with van der Waals surface area (Å²) >= 11 is 3.67. The quantitative estimate of drug-likeness (QED) is 0.436. The van der Waals surface area contributed by atoms with Crippen LogP contribution in [0.15, 0.2) is 63.9 Å². The van der Waals surface area contributed by atoms with Crippen LogP contribution in [0.5, 0.6) is 17.6 Å². The second-order valence-electron chi connectivity index (χ2n) is 6.31. The third-order valence-corrected chi connectivity index (χ3v) is 5.40. The third kappa shape index (κ3) is 3.29. The number of rotatable bonds is 5. The molecule has 0 radical (unpaired) electrons. The molecule has 0 bridgehead atoms. The Labute approximate surface area is 181 Å². The van der Waals surface area contributed by atoms with Gasteiger partial charge in [0, 0.05) is 11.3 Å². The molecule has 0 atom stereocenters. The van der Waals surface area contributed by atoms with Crippen molar-refractivity contribution in [2.45, 2.75) is 0 Å². The van der Waals surface area contributed by atoms with Crippen LogP contribution in [0.3, 0.4) is 0 Å². The predicted octanol–water partition coefficient (Wildman–Crippen LogP) is 4.24. The molecule has 4 aromatic rings. The van der Waals surface area contributed by atoms with E-state index in [9.17, 15) is 4.79 Å². The summed E-state index contributed by atoms with van der Waals surface area (Å²) in [7, 11) is 4.52. The second-order valence-corrected chi connectivity index (χ2v) is 7.11. The van der Waals surface area contributed by atoms with Crippen LogP contribution in [0.4, 0.5) is 0 Å². The summed E-state index contributed by atoms with van der Waals surface area (Å²) < 4.78 is 18.2. The van der Waals surface area contributed by atoms with E-state index in [1.165, 1.54) is 14.2 Å². The second kappa shape index (κ2) is 8.16. The summed E-state index contributed by atoms with van der Waals surface area (Å²) in [4.78, 5) is 22.3. The van der Waals surface area contributed by atoms with Gasteiger partial charge in [-0.2, -0.15) is 9.97 Å². The summed E-state index contributed by atoms with van der Waals surface area (Å²) in [5.41, 5.74) is 2.19. The fourth-order valence-electron chi connectivity index (χ4n) is 3.28. The third-order valence-electron chi connectivity index (χ3n) is 4.65. The normalized spacial score (nSPS) is 10.8. The number of pyridine rings is 1. The maximum absolute atomic E-state index is 13.7. The Balaban J connectivity index is 2.21. The number of methoxy groups -OCH3 is 3. The molecule has 2 heterocycles. The summed E-state index contributed by atoms with van der Waals surface area (Å²) in [6.45, 7) is 0. The van der Waals surface area contributed by atoms with Gasteiger partial charge in [0.2, 0.25) is 5.88 Å². The van der Waals surface area contributed by atoms with E-state index >= 15 is 0 Å². The molecule has 0 N–H and O–H groups in total. The van der Waals surface area contributed by atoms with E-state index in [0.29, 0.717) is 27.1 Å². The van der Waals surface area contributed by atoms with Crippen molar-refractivity contribution in [1.82, 2.24) is 14.5 Å². The van der Waals surface area contributed by atoms with Crippen LogP contribution in [0, 0.1) is 0 Å². The standard InChI is InChI=1S/C22H18BrN3O4/c1-28-15-11-7-8-13(12-15)19-17(23)18-16(20(29-2)25-22(24-18)30-3)21(27)26(19)14-9-5-4-6-10-14/h4-12H,1-3H3. The van der Waals surface area contributed by atoms with E-state index in [1.807, 2.05) is 54.6 Å². The van der Waals surface area contributed by atoms with Gasteiger partial charge >= 0.3 is 6.01 Å². The molecular formula is C22H18BrN3O4. The van der Waals surface area contributed by atoms with Crippen LogP contribution in [-0.4, -0.2) is 35.9 Å². The predicted molar refractivity (Wildman–Crippen MR) is 118 cm³/mol. The highest BCUT2D eigenvalue weighted by Crippen LogP contribution is 2.37. The highest BCUT2D eigenvalue weighted by Gasteiger charge is 2.23. The van der Waals surface area contributed by atoms with Crippen molar-refractivity contribution < 1.29 is 14.2 Å².